The second-order valence-electron chi connectivity index (χ2n) is 5.27. The summed E-state index contributed by atoms with van der Waals surface area (Å²) in [4.78, 5) is 0. The summed E-state index contributed by atoms with van der Waals surface area (Å²) in [5.74, 6) is 0. The van der Waals surface area contributed by atoms with E-state index in [0.29, 0.717) is 11.4 Å². The van der Waals surface area contributed by atoms with Gasteiger partial charge in [0.05, 0.1) is 13.2 Å². The van der Waals surface area contributed by atoms with Gasteiger partial charge in [-0.1, -0.05) is 53.6 Å². The Labute approximate surface area is 124 Å². The number of aliphatic hydroxyl groups is 2. The highest BCUT2D eigenvalue weighted by molar-refractivity contribution is 6.30. The maximum absolute atomic E-state index is 9.85. The van der Waals surface area contributed by atoms with E-state index in [2.05, 4.69) is 0 Å². The Balaban J connectivity index is 2.36. The molecular formula is C17H19ClO2. The van der Waals surface area contributed by atoms with Crippen LogP contribution in [-0.2, 0) is 11.8 Å². The maximum atomic E-state index is 9.85. The minimum Gasteiger partial charge on any atom is -0.395 e. The van der Waals surface area contributed by atoms with Gasteiger partial charge < -0.3 is 10.2 Å². The predicted octanol–water partition coefficient (Wildman–Crippen LogP) is 3.11. The van der Waals surface area contributed by atoms with Crippen LogP contribution in [0.4, 0.5) is 0 Å². The standard InChI is InChI=1S/C17H19ClO2/c1-13-3-2-4-15(9-13)17(11-19,12-20)10-14-5-7-16(18)8-6-14/h2-9,19-20H,10-12H2,1H3. The van der Waals surface area contributed by atoms with Gasteiger partial charge in [0.2, 0.25) is 0 Å². The molecule has 0 saturated heterocycles. The summed E-state index contributed by atoms with van der Waals surface area (Å²) in [7, 11) is 0. The van der Waals surface area contributed by atoms with Crippen LogP contribution in [0.15, 0.2) is 48.5 Å². The number of halogens is 1. The fraction of sp³-hybridized carbons (Fsp3) is 0.294. The molecule has 0 spiro atoms. The molecular weight excluding hydrogens is 272 g/mol. The number of benzene rings is 2. The molecule has 2 N–H and O–H groups in total. The van der Waals surface area contributed by atoms with Gasteiger partial charge in [-0.05, 0) is 36.6 Å². The van der Waals surface area contributed by atoms with Crippen LogP contribution in [0.2, 0.25) is 5.02 Å². The largest absolute Gasteiger partial charge is 0.395 e. The summed E-state index contributed by atoms with van der Waals surface area (Å²) in [5.41, 5.74) is 2.45. The number of aryl methyl sites for hydroxylation is 1. The molecule has 0 fully saturated rings. The van der Waals surface area contributed by atoms with Crippen molar-refractivity contribution in [3.63, 3.8) is 0 Å². The Morgan fingerprint density at radius 3 is 2.20 bits per heavy atom. The van der Waals surface area contributed by atoms with Gasteiger partial charge in [0.15, 0.2) is 0 Å². The van der Waals surface area contributed by atoms with Crippen LogP contribution in [0.1, 0.15) is 16.7 Å². The van der Waals surface area contributed by atoms with Crippen molar-refractivity contribution in [1.29, 1.82) is 0 Å². The Morgan fingerprint density at radius 1 is 1.00 bits per heavy atom. The average molecular weight is 291 g/mol. The SMILES string of the molecule is Cc1cccc(C(CO)(CO)Cc2ccc(Cl)cc2)c1. The molecule has 106 valence electrons. The zero-order valence-corrected chi connectivity index (χ0v) is 12.3. The predicted molar refractivity (Wildman–Crippen MR) is 82.2 cm³/mol. The van der Waals surface area contributed by atoms with Crippen molar-refractivity contribution in [2.75, 3.05) is 13.2 Å². The molecule has 2 nitrogen and oxygen atoms in total. The van der Waals surface area contributed by atoms with Gasteiger partial charge >= 0.3 is 0 Å². The van der Waals surface area contributed by atoms with Gasteiger partial charge in [0, 0.05) is 10.4 Å². The third kappa shape index (κ3) is 3.21. The Hall–Kier alpha value is -1.35. The van der Waals surface area contributed by atoms with Gasteiger partial charge in [-0.25, -0.2) is 0 Å². The van der Waals surface area contributed by atoms with Gasteiger partial charge in [-0.3, -0.25) is 0 Å². The van der Waals surface area contributed by atoms with Gasteiger partial charge in [0.25, 0.3) is 0 Å². The van der Waals surface area contributed by atoms with E-state index in [1.165, 1.54) is 0 Å². The topological polar surface area (TPSA) is 40.5 Å². The zero-order chi connectivity index (χ0) is 14.6. The number of hydrogen-bond acceptors (Lipinski definition) is 2. The Morgan fingerprint density at radius 2 is 1.65 bits per heavy atom. The molecule has 2 rings (SSSR count). The first-order valence-corrected chi connectivity index (χ1v) is 7.01. The van der Waals surface area contributed by atoms with Gasteiger partial charge in [-0.2, -0.15) is 0 Å². The molecule has 0 unspecified atom stereocenters. The minimum atomic E-state index is -0.667. The van der Waals surface area contributed by atoms with Crippen molar-refractivity contribution in [3.8, 4) is 0 Å². The molecule has 2 aromatic rings. The van der Waals surface area contributed by atoms with E-state index in [1.54, 1.807) is 0 Å². The quantitative estimate of drug-likeness (QED) is 0.888. The van der Waals surface area contributed by atoms with Crippen molar-refractivity contribution in [2.45, 2.75) is 18.8 Å². The van der Waals surface area contributed by atoms with Gasteiger partial charge in [-0.15, -0.1) is 0 Å². The van der Waals surface area contributed by atoms with Crippen LogP contribution >= 0.6 is 11.6 Å². The first-order valence-electron chi connectivity index (χ1n) is 6.63. The highest BCUT2D eigenvalue weighted by atomic mass is 35.5. The smallest absolute Gasteiger partial charge is 0.0553 e. The Bertz CT molecular complexity index is 559. The number of hydrogen-bond donors (Lipinski definition) is 2. The van der Waals surface area contributed by atoms with Crippen molar-refractivity contribution >= 4 is 11.6 Å². The second kappa shape index (κ2) is 6.40. The summed E-state index contributed by atoms with van der Waals surface area (Å²) in [6.07, 6.45) is 0.570. The third-order valence-electron chi connectivity index (χ3n) is 3.69. The molecule has 0 atom stereocenters. The summed E-state index contributed by atoms with van der Waals surface area (Å²) in [6.45, 7) is 1.80. The molecule has 20 heavy (non-hydrogen) atoms. The lowest BCUT2D eigenvalue weighted by Crippen LogP contribution is -2.37. The molecule has 0 aliphatic rings. The van der Waals surface area contributed by atoms with Crippen molar-refractivity contribution in [3.05, 3.63) is 70.2 Å². The van der Waals surface area contributed by atoms with Crippen LogP contribution in [-0.4, -0.2) is 23.4 Å². The zero-order valence-electron chi connectivity index (χ0n) is 11.5. The van der Waals surface area contributed by atoms with Gasteiger partial charge in [0.1, 0.15) is 0 Å². The molecule has 2 aromatic carbocycles. The molecule has 0 radical (unpaired) electrons. The van der Waals surface area contributed by atoms with Crippen LogP contribution in [0.5, 0.6) is 0 Å². The lowest BCUT2D eigenvalue weighted by molar-refractivity contribution is 0.116. The summed E-state index contributed by atoms with van der Waals surface area (Å²) in [6, 6.07) is 15.4. The van der Waals surface area contributed by atoms with Crippen molar-refractivity contribution in [2.24, 2.45) is 0 Å². The fourth-order valence-electron chi connectivity index (χ4n) is 2.41. The Kier molecular flexibility index (Phi) is 4.81. The van der Waals surface area contributed by atoms with Crippen LogP contribution < -0.4 is 0 Å². The van der Waals surface area contributed by atoms with E-state index < -0.39 is 5.41 Å². The molecule has 0 aliphatic carbocycles. The highest BCUT2D eigenvalue weighted by Gasteiger charge is 2.31. The molecule has 0 saturated carbocycles. The second-order valence-corrected chi connectivity index (χ2v) is 5.71. The van der Waals surface area contributed by atoms with E-state index in [-0.39, 0.29) is 13.2 Å². The maximum Gasteiger partial charge on any atom is 0.0553 e. The first kappa shape index (κ1) is 15.0. The van der Waals surface area contributed by atoms with Crippen molar-refractivity contribution in [1.82, 2.24) is 0 Å². The van der Waals surface area contributed by atoms with Crippen molar-refractivity contribution < 1.29 is 10.2 Å². The lowest BCUT2D eigenvalue weighted by atomic mass is 9.76. The number of rotatable bonds is 5. The highest BCUT2D eigenvalue weighted by Crippen LogP contribution is 2.29. The minimum absolute atomic E-state index is 0.102. The first-order chi connectivity index (χ1) is 9.59. The van der Waals surface area contributed by atoms with E-state index in [1.807, 2.05) is 55.5 Å². The van der Waals surface area contributed by atoms with Crippen LogP contribution in [0.25, 0.3) is 0 Å². The van der Waals surface area contributed by atoms with E-state index in [9.17, 15) is 10.2 Å². The lowest BCUT2D eigenvalue weighted by Gasteiger charge is -2.31. The van der Waals surface area contributed by atoms with E-state index >= 15 is 0 Å². The molecule has 0 bridgehead atoms. The molecule has 0 amide bonds. The molecule has 0 aliphatic heterocycles. The summed E-state index contributed by atoms with van der Waals surface area (Å²) in [5, 5.41) is 20.4. The average Bonchev–Trinajstić information content (AvgIpc) is 2.47. The van der Waals surface area contributed by atoms with E-state index in [4.69, 9.17) is 11.6 Å². The monoisotopic (exact) mass is 290 g/mol. The van der Waals surface area contributed by atoms with Crippen LogP contribution in [0, 0.1) is 6.92 Å². The molecule has 0 aromatic heterocycles. The van der Waals surface area contributed by atoms with E-state index in [0.717, 1.165) is 16.7 Å². The molecule has 3 heteroatoms. The normalized spacial score (nSPS) is 11.6. The number of aliphatic hydroxyl groups excluding tert-OH is 2. The molecule has 0 heterocycles. The summed E-state index contributed by atoms with van der Waals surface area (Å²) >= 11 is 5.89. The van der Waals surface area contributed by atoms with Crippen LogP contribution in [0.3, 0.4) is 0 Å². The third-order valence-corrected chi connectivity index (χ3v) is 3.94. The summed E-state index contributed by atoms with van der Waals surface area (Å²) < 4.78 is 0. The fourth-order valence-corrected chi connectivity index (χ4v) is 2.54.